The molecule has 44 heavy (non-hydrogen) atoms. The van der Waals surface area contributed by atoms with Crippen LogP contribution in [0, 0.1) is 0 Å². The number of nitrogens with one attached hydrogen (secondary N) is 1. The van der Waals surface area contributed by atoms with Gasteiger partial charge >= 0.3 is 0 Å². The molecule has 0 aliphatic heterocycles. The Balaban J connectivity index is 3.52. The summed E-state index contributed by atoms with van der Waals surface area (Å²) >= 11 is 0. The van der Waals surface area contributed by atoms with E-state index in [9.17, 15) is 20.1 Å². The first kappa shape index (κ1) is 43.4. The van der Waals surface area contributed by atoms with Crippen molar-refractivity contribution in [1.29, 1.82) is 0 Å². The molecule has 0 heterocycles. The fraction of sp³-hybridized carbons (Fsp3) is 0.974. The van der Waals surface area contributed by atoms with Crippen molar-refractivity contribution in [2.75, 3.05) is 6.61 Å². The molecule has 3 atom stereocenters. The lowest BCUT2D eigenvalue weighted by Gasteiger charge is -2.26. The number of aliphatic hydroxyl groups is 3. The molecule has 5 heteroatoms. The summed E-state index contributed by atoms with van der Waals surface area (Å²) in [5, 5.41) is 33.2. The van der Waals surface area contributed by atoms with Crippen molar-refractivity contribution >= 4 is 5.91 Å². The van der Waals surface area contributed by atoms with Crippen LogP contribution >= 0.6 is 0 Å². The van der Waals surface area contributed by atoms with Gasteiger partial charge in [0.2, 0.25) is 5.91 Å². The van der Waals surface area contributed by atoms with Crippen molar-refractivity contribution in [1.82, 2.24) is 5.32 Å². The molecule has 0 unspecified atom stereocenters. The Hall–Kier alpha value is -0.650. The monoisotopic (exact) mass is 626 g/mol. The molecular formula is C39H79NO4. The van der Waals surface area contributed by atoms with E-state index in [2.05, 4.69) is 19.2 Å². The zero-order chi connectivity index (χ0) is 32.4. The van der Waals surface area contributed by atoms with Crippen LogP contribution in [0.1, 0.15) is 219 Å². The Morgan fingerprint density at radius 2 is 0.773 bits per heavy atom. The molecule has 0 radical (unpaired) electrons. The van der Waals surface area contributed by atoms with Crippen LogP contribution in [0.5, 0.6) is 0 Å². The Labute approximate surface area is 275 Å². The molecule has 0 aromatic carbocycles. The zero-order valence-electron chi connectivity index (χ0n) is 29.8. The summed E-state index contributed by atoms with van der Waals surface area (Å²) in [6.07, 6.45) is 37.9. The highest BCUT2D eigenvalue weighted by molar-refractivity contribution is 5.76. The van der Waals surface area contributed by atoms with Gasteiger partial charge in [-0.25, -0.2) is 0 Å². The number of carbonyl (C=O) groups excluding carboxylic acids is 1. The second-order valence-corrected chi connectivity index (χ2v) is 13.9. The molecule has 0 aliphatic rings. The molecule has 0 spiro atoms. The summed E-state index contributed by atoms with van der Waals surface area (Å²) in [7, 11) is 0. The molecular weight excluding hydrogens is 546 g/mol. The molecule has 5 nitrogen and oxygen atoms in total. The van der Waals surface area contributed by atoms with Gasteiger partial charge in [0.15, 0.2) is 0 Å². The number of rotatable bonds is 36. The van der Waals surface area contributed by atoms with Crippen LogP contribution in [0.2, 0.25) is 0 Å². The first-order valence-electron chi connectivity index (χ1n) is 19.8. The fourth-order valence-electron chi connectivity index (χ4n) is 6.34. The van der Waals surface area contributed by atoms with E-state index in [0.29, 0.717) is 12.8 Å². The smallest absolute Gasteiger partial charge is 0.220 e. The van der Waals surface area contributed by atoms with Gasteiger partial charge in [0.25, 0.3) is 0 Å². The van der Waals surface area contributed by atoms with E-state index < -0.39 is 18.2 Å². The normalized spacial score (nSPS) is 13.7. The van der Waals surface area contributed by atoms with Crippen LogP contribution in [-0.4, -0.2) is 46.1 Å². The number of unbranched alkanes of at least 4 members (excludes halogenated alkanes) is 28. The van der Waals surface area contributed by atoms with E-state index in [-0.39, 0.29) is 12.5 Å². The van der Waals surface area contributed by atoms with E-state index in [1.807, 2.05) is 0 Å². The van der Waals surface area contributed by atoms with E-state index in [1.54, 1.807) is 0 Å². The van der Waals surface area contributed by atoms with Crippen LogP contribution in [0.3, 0.4) is 0 Å². The first-order chi connectivity index (χ1) is 21.6. The third-order valence-corrected chi connectivity index (χ3v) is 9.46. The standard InChI is InChI=1S/C39H79NO4/c1-3-5-7-9-11-13-14-15-16-17-18-19-20-21-22-23-24-25-26-28-30-32-34-38(43)40-36(35-41)39(44)37(42)33-31-29-27-12-10-8-6-4-2/h36-37,39,41-42,44H,3-35H2,1-2H3,(H,40,43)/t36-,37+,39-/m0/s1. The third-order valence-electron chi connectivity index (χ3n) is 9.46. The Bertz CT molecular complexity index is 572. The first-order valence-corrected chi connectivity index (χ1v) is 19.8. The van der Waals surface area contributed by atoms with Gasteiger partial charge in [0, 0.05) is 6.42 Å². The quantitative estimate of drug-likeness (QED) is 0.0521. The van der Waals surface area contributed by atoms with Crippen molar-refractivity contribution in [3.05, 3.63) is 0 Å². The summed E-state index contributed by atoms with van der Waals surface area (Å²) in [5.74, 6) is -0.143. The molecule has 0 saturated heterocycles. The maximum Gasteiger partial charge on any atom is 0.220 e. The molecule has 264 valence electrons. The van der Waals surface area contributed by atoms with Crippen molar-refractivity contribution in [3.63, 3.8) is 0 Å². The molecule has 0 fully saturated rings. The molecule has 0 aromatic rings. The Kier molecular flexibility index (Phi) is 34.7. The summed E-state index contributed by atoms with van der Waals surface area (Å²) < 4.78 is 0. The zero-order valence-corrected chi connectivity index (χ0v) is 29.8. The van der Waals surface area contributed by atoms with Crippen LogP contribution in [0.4, 0.5) is 0 Å². The van der Waals surface area contributed by atoms with Gasteiger partial charge in [-0.05, 0) is 12.8 Å². The van der Waals surface area contributed by atoms with Crippen molar-refractivity contribution in [2.45, 2.75) is 238 Å². The number of carbonyl (C=O) groups is 1. The lowest BCUT2D eigenvalue weighted by Crippen LogP contribution is -2.50. The molecule has 1 amide bonds. The highest BCUT2D eigenvalue weighted by atomic mass is 16.3. The number of hydrogen-bond acceptors (Lipinski definition) is 4. The second-order valence-electron chi connectivity index (χ2n) is 13.9. The molecule has 0 rings (SSSR count). The number of hydrogen-bond donors (Lipinski definition) is 4. The summed E-state index contributed by atoms with van der Waals surface area (Å²) in [5.41, 5.74) is 0. The van der Waals surface area contributed by atoms with Gasteiger partial charge < -0.3 is 20.6 Å². The maximum atomic E-state index is 12.3. The number of aliphatic hydroxyl groups excluding tert-OH is 3. The maximum absolute atomic E-state index is 12.3. The SMILES string of the molecule is CCCCCCCCCCCCCCCCCCCCCCCCC(=O)N[C@@H](CO)[C@H](O)[C@H](O)CCCCCCCCCC. The lowest BCUT2D eigenvalue weighted by molar-refractivity contribution is -0.124. The molecule has 4 N–H and O–H groups in total. The van der Waals surface area contributed by atoms with Crippen LogP contribution < -0.4 is 5.32 Å². The highest BCUT2D eigenvalue weighted by Crippen LogP contribution is 2.16. The molecule has 0 saturated carbocycles. The van der Waals surface area contributed by atoms with Crippen molar-refractivity contribution in [2.24, 2.45) is 0 Å². The average Bonchev–Trinajstić information content (AvgIpc) is 3.03. The van der Waals surface area contributed by atoms with E-state index in [0.717, 1.165) is 38.5 Å². The summed E-state index contributed by atoms with van der Waals surface area (Å²) in [4.78, 5) is 12.3. The highest BCUT2D eigenvalue weighted by Gasteiger charge is 2.26. The lowest BCUT2D eigenvalue weighted by atomic mass is 9.99. The minimum atomic E-state index is -1.13. The topological polar surface area (TPSA) is 89.8 Å². The minimum absolute atomic E-state index is 0.143. The van der Waals surface area contributed by atoms with Gasteiger partial charge in [-0.1, -0.05) is 200 Å². The fourth-order valence-corrected chi connectivity index (χ4v) is 6.34. The van der Waals surface area contributed by atoms with Gasteiger partial charge in [0.1, 0.15) is 6.10 Å². The largest absolute Gasteiger partial charge is 0.394 e. The van der Waals surface area contributed by atoms with Crippen LogP contribution in [0.25, 0.3) is 0 Å². The van der Waals surface area contributed by atoms with Gasteiger partial charge in [-0.3, -0.25) is 4.79 Å². The van der Waals surface area contributed by atoms with Crippen molar-refractivity contribution < 1.29 is 20.1 Å². The van der Waals surface area contributed by atoms with Gasteiger partial charge in [0.05, 0.1) is 18.8 Å². The summed E-state index contributed by atoms with van der Waals surface area (Å²) in [6.45, 7) is 4.15. The van der Waals surface area contributed by atoms with Crippen LogP contribution in [-0.2, 0) is 4.79 Å². The Morgan fingerprint density at radius 1 is 0.477 bits per heavy atom. The van der Waals surface area contributed by atoms with E-state index >= 15 is 0 Å². The van der Waals surface area contributed by atoms with E-state index in [1.165, 1.54) is 154 Å². The Morgan fingerprint density at radius 3 is 1.09 bits per heavy atom. The predicted octanol–water partition coefficient (Wildman–Crippen LogP) is 10.7. The molecule has 0 bridgehead atoms. The second kappa shape index (κ2) is 35.2. The number of amides is 1. The predicted molar refractivity (Wildman–Crippen MR) is 190 cm³/mol. The molecule has 0 aliphatic carbocycles. The van der Waals surface area contributed by atoms with Crippen molar-refractivity contribution in [3.8, 4) is 0 Å². The average molecular weight is 626 g/mol. The van der Waals surface area contributed by atoms with Gasteiger partial charge in [-0.2, -0.15) is 0 Å². The third kappa shape index (κ3) is 30.0. The summed E-state index contributed by atoms with van der Waals surface area (Å²) in [6, 6.07) is -0.800. The minimum Gasteiger partial charge on any atom is -0.394 e. The van der Waals surface area contributed by atoms with E-state index in [4.69, 9.17) is 0 Å². The van der Waals surface area contributed by atoms with Gasteiger partial charge in [-0.15, -0.1) is 0 Å². The van der Waals surface area contributed by atoms with Crippen LogP contribution in [0.15, 0.2) is 0 Å². The molecule has 0 aromatic heterocycles.